The SMILES string of the molecule is Cc1ccc(Br)cc1NCc1ccc2c(c1)CC(C)(C)O2. The second kappa shape index (κ2) is 5.38. The topological polar surface area (TPSA) is 21.3 Å². The summed E-state index contributed by atoms with van der Waals surface area (Å²) in [7, 11) is 0. The zero-order valence-corrected chi connectivity index (χ0v) is 14.3. The van der Waals surface area contributed by atoms with Crippen molar-refractivity contribution in [3.05, 3.63) is 57.6 Å². The number of nitrogens with one attached hydrogen (secondary N) is 1. The molecule has 0 atom stereocenters. The summed E-state index contributed by atoms with van der Waals surface area (Å²) in [6.07, 6.45) is 0.978. The van der Waals surface area contributed by atoms with Gasteiger partial charge < -0.3 is 10.1 Å². The van der Waals surface area contributed by atoms with E-state index in [1.165, 1.54) is 22.4 Å². The molecule has 1 heterocycles. The Morgan fingerprint density at radius 2 is 2.00 bits per heavy atom. The van der Waals surface area contributed by atoms with E-state index < -0.39 is 0 Å². The molecule has 110 valence electrons. The van der Waals surface area contributed by atoms with Crippen LogP contribution in [-0.2, 0) is 13.0 Å². The van der Waals surface area contributed by atoms with Crippen LogP contribution in [0.4, 0.5) is 5.69 Å². The smallest absolute Gasteiger partial charge is 0.123 e. The van der Waals surface area contributed by atoms with E-state index in [1.807, 2.05) is 0 Å². The maximum absolute atomic E-state index is 5.92. The van der Waals surface area contributed by atoms with E-state index in [0.29, 0.717) is 0 Å². The third kappa shape index (κ3) is 3.24. The fraction of sp³-hybridized carbons (Fsp3) is 0.333. The number of fused-ring (bicyclic) bond motifs is 1. The Labute approximate surface area is 134 Å². The van der Waals surface area contributed by atoms with Gasteiger partial charge in [-0.05, 0) is 55.7 Å². The van der Waals surface area contributed by atoms with Crippen molar-refractivity contribution in [2.75, 3.05) is 5.32 Å². The predicted octanol–water partition coefficient (Wildman–Crippen LogP) is 5.08. The molecule has 3 rings (SSSR count). The average Bonchev–Trinajstić information content (AvgIpc) is 2.72. The maximum Gasteiger partial charge on any atom is 0.123 e. The van der Waals surface area contributed by atoms with E-state index in [4.69, 9.17) is 4.74 Å². The summed E-state index contributed by atoms with van der Waals surface area (Å²) in [6, 6.07) is 12.8. The third-order valence-electron chi connectivity index (χ3n) is 3.81. The molecule has 0 aliphatic carbocycles. The van der Waals surface area contributed by atoms with Gasteiger partial charge in [-0.25, -0.2) is 0 Å². The van der Waals surface area contributed by atoms with Crippen molar-refractivity contribution in [3.8, 4) is 5.75 Å². The fourth-order valence-corrected chi connectivity index (χ4v) is 3.12. The highest BCUT2D eigenvalue weighted by Crippen LogP contribution is 2.35. The molecular weight excluding hydrogens is 326 g/mol. The standard InChI is InChI=1S/C18H20BrNO/c1-12-4-6-15(19)9-16(12)20-11-13-5-7-17-14(8-13)10-18(2,3)21-17/h4-9,20H,10-11H2,1-3H3. The summed E-state index contributed by atoms with van der Waals surface area (Å²) in [6.45, 7) is 7.21. The van der Waals surface area contributed by atoms with Gasteiger partial charge in [0.2, 0.25) is 0 Å². The summed E-state index contributed by atoms with van der Waals surface area (Å²) in [5, 5.41) is 3.51. The normalized spacial score (nSPS) is 15.4. The summed E-state index contributed by atoms with van der Waals surface area (Å²) >= 11 is 3.52. The Bertz CT molecular complexity index is 679. The molecular formula is C18H20BrNO. The summed E-state index contributed by atoms with van der Waals surface area (Å²) in [4.78, 5) is 0. The summed E-state index contributed by atoms with van der Waals surface area (Å²) < 4.78 is 7.02. The van der Waals surface area contributed by atoms with E-state index in [0.717, 1.165) is 23.2 Å². The average molecular weight is 346 g/mol. The zero-order valence-electron chi connectivity index (χ0n) is 12.7. The minimum atomic E-state index is -0.0741. The number of anilines is 1. The lowest BCUT2D eigenvalue weighted by atomic mass is 10.0. The van der Waals surface area contributed by atoms with Crippen molar-refractivity contribution in [1.29, 1.82) is 0 Å². The number of benzene rings is 2. The van der Waals surface area contributed by atoms with Crippen LogP contribution in [-0.4, -0.2) is 5.60 Å². The molecule has 1 aliphatic rings. The van der Waals surface area contributed by atoms with Crippen molar-refractivity contribution in [2.45, 2.75) is 39.3 Å². The Kier molecular flexibility index (Phi) is 3.70. The molecule has 1 N–H and O–H groups in total. The van der Waals surface area contributed by atoms with Gasteiger partial charge >= 0.3 is 0 Å². The second-order valence-corrected chi connectivity index (χ2v) is 7.21. The highest BCUT2D eigenvalue weighted by atomic mass is 79.9. The maximum atomic E-state index is 5.92. The first-order chi connectivity index (χ1) is 9.93. The Morgan fingerprint density at radius 3 is 2.81 bits per heavy atom. The van der Waals surface area contributed by atoms with Gasteiger partial charge in [-0.1, -0.05) is 34.1 Å². The van der Waals surface area contributed by atoms with Crippen molar-refractivity contribution in [1.82, 2.24) is 0 Å². The van der Waals surface area contributed by atoms with Gasteiger partial charge in [0.15, 0.2) is 0 Å². The molecule has 0 saturated heterocycles. The molecule has 0 amide bonds. The lowest BCUT2D eigenvalue weighted by Crippen LogP contribution is -2.24. The lowest BCUT2D eigenvalue weighted by molar-refractivity contribution is 0.138. The van der Waals surface area contributed by atoms with Crippen LogP contribution in [0, 0.1) is 6.92 Å². The minimum Gasteiger partial charge on any atom is -0.487 e. The summed E-state index contributed by atoms with van der Waals surface area (Å²) in [5.41, 5.74) is 4.94. The predicted molar refractivity (Wildman–Crippen MR) is 91.1 cm³/mol. The fourth-order valence-electron chi connectivity index (χ4n) is 2.75. The van der Waals surface area contributed by atoms with E-state index >= 15 is 0 Å². The van der Waals surface area contributed by atoms with Crippen LogP contribution in [0.5, 0.6) is 5.75 Å². The highest BCUT2D eigenvalue weighted by molar-refractivity contribution is 9.10. The third-order valence-corrected chi connectivity index (χ3v) is 4.30. The highest BCUT2D eigenvalue weighted by Gasteiger charge is 2.29. The van der Waals surface area contributed by atoms with Crippen molar-refractivity contribution in [3.63, 3.8) is 0 Å². The lowest BCUT2D eigenvalue weighted by Gasteiger charge is -2.16. The molecule has 0 saturated carbocycles. The first kappa shape index (κ1) is 14.5. The van der Waals surface area contributed by atoms with Crippen LogP contribution < -0.4 is 10.1 Å². The Hall–Kier alpha value is -1.48. The Balaban J connectivity index is 1.74. The van der Waals surface area contributed by atoms with Gasteiger partial charge in [0.25, 0.3) is 0 Å². The van der Waals surface area contributed by atoms with E-state index in [1.54, 1.807) is 0 Å². The second-order valence-electron chi connectivity index (χ2n) is 6.29. The van der Waals surface area contributed by atoms with Crippen LogP contribution in [0.2, 0.25) is 0 Å². The van der Waals surface area contributed by atoms with Gasteiger partial charge in [0.05, 0.1) is 0 Å². The van der Waals surface area contributed by atoms with E-state index in [9.17, 15) is 0 Å². The molecule has 0 fully saturated rings. The first-order valence-electron chi connectivity index (χ1n) is 7.24. The van der Waals surface area contributed by atoms with Gasteiger partial charge in [0.1, 0.15) is 11.4 Å². The molecule has 2 aromatic carbocycles. The molecule has 1 aliphatic heterocycles. The molecule has 2 aromatic rings. The monoisotopic (exact) mass is 345 g/mol. The number of hydrogen-bond donors (Lipinski definition) is 1. The minimum absolute atomic E-state index is 0.0741. The quantitative estimate of drug-likeness (QED) is 0.837. The number of ether oxygens (including phenoxy) is 1. The van der Waals surface area contributed by atoms with Crippen molar-refractivity contribution < 1.29 is 4.74 Å². The van der Waals surface area contributed by atoms with Crippen LogP contribution in [0.15, 0.2) is 40.9 Å². The molecule has 0 radical (unpaired) electrons. The van der Waals surface area contributed by atoms with E-state index in [2.05, 4.69) is 78.4 Å². The number of rotatable bonds is 3. The number of halogens is 1. The van der Waals surface area contributed by atoms with Crippen molar-refractivity contribution >= 4 is 21.6 Å². The molecule has 2 nitrogen and oxygen atoms in total. The summed E-state index contributed by atoms with van der Waals surface area (Å²) in [5.74, 6) is 1.03. The molecule has 0 spiro atoms. The van der Waals surface area contributed by atoms with Crippen molar-refractivity contribution in [2.24, 2.45) is 0 Å². The molecule has 0 unspecified atom stereocenters. The van der Waals surface area contributed by atoms with Gasteiger partial charge in [0, 0.05) is 23.1 Å². The largest absolute Gasteiger partial charge is 0.487 e. The number of aryl methyl sites for hydroxylation is 1. The van der Waals surface area contributed by atoms with Crippen LogP contribution in [0.3, 0.4) is 0 Å². The van der Waals surface area contributed by atoms with E-state index in [-0.39, 0.29) is 5.60 Å². The van der Waals surface area contributed by atoms with Gasteiger partial charge in [-0.2, -0.15) is 0 Å². The molecule has 0 aromatic heterocycles. The number of hydrogen-bond acceptors (Lipinski definition) is 2. The molecule has 3 heteroatoms. The van der Waals surface area contributed by atoms with Crippen LogP contribution in [0.1, 0.15) is 30.5 Å². The zero-order chi connectivity index (χ0) is 15.0. The Morgan fingerprint density at radius 1 is 1.19 bits per heavy atom. The van der Waals surface area contributed by atoms with Gasteiger partial charge in [-0.15, -0.1) is 0 Å². The van der Waals surface area contributed by atoms with Crippen LogP contribution in [0.25, 0.3) is 0 Å². The van der Waals surface area contributed by atoms with Gasteiger partial charge in [-0.3, -0.25) is 0 Å². The molecule has 21 heavy (non-hydrogen) atoms. The first-order valence-corrected chi connectivity index (χ1v) is 8.03. The van der Waals surface area contributed by atoms with Crippen LogP contribution >= 0.6 is 15.9 Å². The molecule has 0 bridgehead atoms.